The van der Waals surface area contributed by atoms with Gasteiger partial charge in [-0.25, -0.2) is 10.3 Å². The zero-order valence-electron chi connectivity index (χ0n) is 38.0. The van der Waals surface area contributed by atoms with E-state index >= 15 is 0 Å². The normalized spacial score (nSPS) is 18.6. The zero-order chi connectivity index (χ0) is 43.1. The van der Waals surface area contributed by atoms with E-state index in [1.54, 1.807) is 6.08 Å². The van der Waals surface area contributed by atoms with Gasteiger partial charge in [0.05, 0.1) is 25.4 Å². The smallest absolute Gasteiger partial charge is 0.404 e. The number of ether oxygens (including phenoxy) is 1. The van der Waals surface area contributed by atoms with Gasteiger partial charge < -0.3 is 24.4 Å². The topological polar surface area (TPSA) is 146 Å². The van der Waals surface area contributed by atoms with E-state index in [0.29, 0.717) is 0 Å². The minimum atomic E-state index is -2.24. The number of hydrogen-bond acceptors (Lipinski definition) is 8. The van der Waals surface area contributed by atoms with Crippen molar-refractivity contribution < 1.29 is 37.9 Å². The number of Topliss-reactive ketones (excluding diaryl/α,β-unsaturated/α-hetero) is 1. The second-order valence-electron chi connectivity index (χ2n) is 19.0. The van der Waals surface area contributed by atoms with Crippen molar-refractivity contribution in [3.8, 4) is 0 Å². The first kappa shape index (κ1) is 52.9. The largest absolute Gasteiger partial charge is 0.445 e. The van der Waals surface area contributed by atoms with Crippen molar-refractivity contribution >= 4 is 34.4 Å². The second kappa shape index (κ2) is 23.3. The van der Waals surface area contributed by atoms with Crippen LogP contribution in [0.25, 0.3) is 0 Å². The molecule has 0 aromatic carbocycles. The second-order valence-corrected chi connectivity index (χ2v) is 28.5. The number of hydrogen-bond donors (Lipinski definition) is 3. The predicted octanol–water partition coefficient (Wildman–Crippen LogP) is 10.0. The Kier molecular flexibility index (Phi) is 22.5. The lowest BCUT2D eigenvalue weighted by molar-refractivity contribution is -0.133. The average molecular weight is 811 g/mol. The van der Waals surface area contributed by atoms with Gasteiger partial charge in [0.1, 0.15) is 11.9 Å². The van der Waals surface area contributed by atoms with E-state index in [0.717, 1.165) is 12.8 Å². The molecule has 0 heterocycles. The number of carbonyl (C=O) groups excluding carboxylic acids is 3. The summed E-state index contributed by atoms with van der Waals surface area (Å²) in [7, 11) is -3.11. The minimum Gasteiger partial charge on any atom is -0.445 e. The van der Waals surface area contributed by atoms with Crippen LogP contribution in [0.5, 0.6) is 0 Å². The summed E-state index contributed by atoms with van der Waals surface area (Å²) >= 11 is 0. The molecule has 0 bridgehead atoms. The Labute approximate surface area is 338 Å². The van der Waals surface area contributed by atoms with Crippen LogP contribution in [-0.2, 0) is 28.0 Å². The standard InChI is InChI=1S/C43H82N2O8Si2/c1-19-20-21-30(3)39(51-41(44)49)34(7)40(53-55(17,18)43(11,12)13)33(6)27-29(2)26-32(5)38(52-54(15,16)42(8,9)10)31(4)22-23-35(46)28-36(47)24-25-37(48)45-50-14/h20-23,26,30-35,38-40,46H,19,24-25,27-28H2,1-18H3,(H2,44,49)(H,45,48)/b21-20-,23-22-,29-26-/t30?,31?,32-,33-,34+,35?,38-,39-,40+/m0/s1. The number of allylic oxidation sites excluding steroid dienone is 2. The number of carbonyl (C=O) groups is 3. The van der Waals surface area contributed by atoms with Crippen molar-refractivity contribution in [1.29, 1.82) is 0 Å². The molecule has 2 amide bonds. The van der Waals surface area contributed by atoms with Gasteiger partial charge in [0.25, 0.3) is 0 Å². The maximum Gasteiger partial charge on any atom is 0.404 e. The van der Waals surface area contributed by atoms with Crippen molar-refractivity contribution in [2.75, 3.05) is 7.11 Å². The van der Waals surface area contributed by atoms with Gasteiger partial charge in [0, 0.05) is 31.1 Å². The Hall–Kier alpha value is -2.10. The third-order valence-electron chi connectivity index (χ3n) is 11.7. The summed E-state index contributed by atoms with van der Waals surface area (Å²) in [6, 6.07) is 0. The Morgan fingerprint density at radius 1 is 0.764 bits per heavy atom. The van der Waals surface area contributed by atoms with Crippen LogP contribution < -0.4 is 11.2 Å². The van der Waals surface area contributed by atoms with Crippen LogP contribution in [0, 0.1) is 29.6 Å². The average Bonchev–Trinajstić information content (AvgIpc) is 3.03. The Morgan fingerprint density at radius 2 is 1.27 bits per heavy atom. The first-order chi connectivity index (χ1) is 25.0. The Morgan fingerprint density at radius 3 is 1.75 bits per heavy atom. The number of primary amides is 1. The van der Waals surface area contributed by atoms with Crippen LogP contribution in [0.1, 0.15) is 122 Å². The summed E-state index contributed by atoms with van der Waals surface area (Å²) in [4.78, 5) is 40.9. The SMILES string of the molecule is CC/C=C\C(C)[C@H](OC(N)=O)[C@@H](C)[C@H](O[Si](C)(C)C(C)(C)C)[C@@H](C)C/C(C)=C\[C@H](C)[C@@H](O[Si](C)(C)C(C)(C)C)C(C)/C=C\C(O)CC(=O)CCC(=O)NOC. The van der Waals surface area contributed by atoms with Gasteiger partial charge in [-0.1, -0.05) is 119 Å². The molecule has 0 saturated heterocycles. The molecule has 0 aliphatic heterocycles. The molecule has 0 saturated carbocycles. The first-order valence-electron chi connectivity index (χ1n) is 20.4. The third-order valence-corrected chi connectivity index (χ3v) is 20.6. The first-order valence-corrected chi connectivity index (χ1v) is 26.2. The monoisotopic (exact) mass is 811 g/mol. The number of hydroxylamine groups is 1. The van der Waals surface area contributed by atoms with E-state index in [1.807, 2.05) is 6.08 Å². The van der Waals surface area contributed by atoms with Gasteiger partial charge in [-0.05, 0) is 73.8 Å². The van der Waals surface area contributed by atoms with Crippen molar-refractivity contribution in [3.05, 3.63) is 36.0 Å². The number of amides is 2. The van der Waals surface area contributed by atoms with E-state index in [1.165, 1.54) is 12.7 Å². The number of aliphatic hydroxyl groups is 1. The van der Waals surface area contributed by atoms with E-state index in [4.69, 9.17) is 19.3 Å². The van der Waals surface area contributed by atoms with E-state index in [9.17, 15) is 19.5 Å². The van der Waals surface area contributed by atoms with Crippen molar-refractivity contribution in [2.45, 2.75) is 183 Å². The van der Waals surface area contributed by atoms with Crippen LogP contribution >= 0.6 is 0 Å². The molecule has 0 aliphatic carbocycles. The van der Waals surface area contributed by atoms with E-state index < -0.39 is 34.9 Å². The molecule has 0 aromatic heterocycles. The number of nitrogens with two attached hydrogens (primary N) is 1. The Balaban J connectivity index is 6.59. The van der Waals surface area contributed by atoms with Crippen LogP contribution in [0.2, 0.25) is 36.3 Å². The predicted molar refractivity (Wildman–Crippen MR) is 231 cm³/mol. The molecule has 0 rings (SSSR count). The van der Waals surface area contributed by atoms with Gasteiger partial charge in [0.15, 0.2) is 16.6 Å². The van der Waals surface area contributed by atoms with Crippen molar-refractivity contribution in [2.24, 2.45) is 35.3 Å². The highest BCUT2D eigenvalue weighted by Gasteiger charge is 2.44. The van der Waals surface area contributed by atoms with E-state index in [2.05, 4.69) is 145 Å². The molecule has 10 nitrogen and oxygen atoms in total. The molecule has 12 heteroatoms. The number of aliphatic hydroxyl groups excluding tert-OH is 1. The number of rotatable bonds is 24. The van der Waals surface area contributed by atoms with Crippen molar-refractivity contribution in [3.63, 3.8) is 0 Å². The summed E-state index contributed by atoms with van der Waals surface area (Å²) in [5, 5.41) is 10.7. The number of nitrogens with one attached hydrogen (secondary N) is 1. The van der Waals surface area contributed by atoms with Gasteiger partial charge in [0.2, 0.25) is 5.91 Å². The molecule has 320 valence electrons. The molecular weight excluding hydrogens is 729 g/mol. The van der Waals surface area contributed by atoms with Gasteiger partial charge in [-0.15, -0.1) is 0 Å². The maximum atomic E-state index is 12.5. The van der Waals surface area contributed by atoms with Crippen LogP contribution in [-0.4, -0.2) is 71.1 Å². The molecule has 0 radical (unpaired) electrons. The summed E-state index contributed by atoms with van der Waals surface area (Å²) < 4.78 is 20.1. The van der Waals surface area contributed by atoms with E-state index in [-0.39, 0.29) is 82.8 Å². The minimum absolute atomic E-state index is 0.00296. The highest BCUT2D eigenvalue weighted by Crippen LogP contribution is 2.42. The lowest BCUT2D eigenvalue weighted by Gasteiger charge is -2.45. The molecule has 55 heavy (non-hydrogen) atoms. The van der Waals surface area contributed by atoms with Crippen LogP contribution in [0.3, 0.4) is 0 Å². The highest BCUT2D eigenvalue weighted by molar-refractivity contribution is 6.74. The quantitative estimate of drug-likeness (QED) is 0.0496. The molecule has 9 atom stereocenters. The molecule has 0 fully saturated rings. The lowest BCUT2D eigenvalue weighted by atomic mass is 9.81. The molecule has 0 aliphatic rings. The highest BCUT2D eigenvalue weighted by atomic mass is 28.4. The summed E-state index contributed by atoms with van der Waals surface area (Å²) in [5.41, 5.74) is 9.05. The molecule has 3 unspecified atom stereocenters. The third kappa shape index (κ3) is 18.8. The van der Waals surface area contributed by atoms with Gasteiger partial charge in [-0.2, -0.15) is 0 Å². The summed E-state index contributed by atoms with van der Waals surface area (Å²) in [6.45, 7) is 37.4. The number of ketones is 1. The molecular formula is C43H82N2O8Si2. The lowest BCUT2D eigenvalue weighted by Crippen LogP contribution is -2.50. The fourth-order valence-corrected chi connectivity index (χ4v) is 9.36. The maximum absolute atomic E-state index is 12.5. The fourth-order valence-electron chi connectivity index (χ4n) is 6.41. The molecule has 0 aromatic rings. The molecule has 4 N–H and O–H groups in total. The summed E-state index contributed by atoms with van der Waals surface area (Å²) in [5.74, 6) is -0.688. The van der Waals surface area contributed by atoms with Crippen LogP contribution in [0.4, 0.5) is 4.79 Å². The Bertz CT molecular complexity index is 1280. The van der Waals surface area contributed by atoms with Gasteiger partial charge in [-0.3, -0.25) is 14.4 Å². The van der Waals surface area contributed by atoms with Gasteiger partial charge >= 0.3 is 6.09 Å². The fraction of sp³-hybridized carbons (Fsp3) is 0.791. The zero-order valence-corrected chi connectivity index (χ0v) is 40.0. The van der Waals surface area contributed by atoms with Crippen molar-refractivity contribution in [1.82, 2.24) is 5.48 Å². The van der Waals surface area contributed by atoms with Crippen LogP contribution in [0.15, 0.2) is 36.0 Å². The summed E-state index contributed by atoms with van der Waals surface area (Å²) in [6.07, 6.45) is 9.19. The molecule has 0 spiro atoms.